The van der Waals surface area contributed by atoms with E-state index in [9.17, 15) is 0 Å². The molecule has 0 saturated carbocycles. The second-order valence-electron chi connectivity index (χ2n) is 3.19. The molecule has 0 aliphatic heterocycles. The van der Waals surface area contributed by atoms with Crippen LogP contribution in [0.1, 0.15) is 5.69 Å². The van der Waals surface area contributed by atoms with Crippen molar-refractivity contribution in [3.63, 3.8) is 0 Å². The molecule has 5 heteroatoms. The lowest BCUT2D eigenvalue weighted by Crippen LogP contribution is -2.03. The van der Waals surface area contributed by atoms with Gasteiger partial charge in [0.15, 0.2) is 0 Å². The van der Waals surface area contributed by atoms with Gasteiger partial charge in [-0.1, -0.05) is 29.3 Å². The lowest BCUT2D eigenvalue weighted by molar-refractivity contribution is 0.872. The van der Waals surface area contributed by atoms with Gasteiger partial charge in [-0.15, -0.1) is 0 Å². The highest BCUT2D eigenvalue weighted by atomic mass is 35.5. The minimum atomic E-state index is 0.516. The smallest absolute Gasteiger partial charge is 0.127 e. The second kappa shape index (κ2) is 3.76. The molecule has 15 heavy (non-hydrogen) atoms. The number of benzene rings is 1. The standard InChI is InChI=1S/C10H9Cl2N3/c1-6-5-9(13)15(14-6)10-7(11)3-2-4-8(10)12/h2-5H,13H2,1H3. The molecule has 0 spiro atoms. The fourth-order valence-corrected chi connectivity index (χ4v) is 1.95. The molecule has 1 aromatic carbocycles. The normalized spacial score (nSPS) is 10.6. The Hall–Kier alpha value is -1.19. The van der Waals surface area contributed by atoms with Crippen molar-refractivity contribution in [2.45, 2.75) is 6.92 Å². The number of anilines is 1. The first-order chi connectivity index (χ1) is 7.09. The molecule has 0 saturated heterocycles. The highest BCUT2D eigenvalue weighted by Gasteiger charge is 2.11. The molecule has 1 aromatic heterocycles. The van der Waals surface area contributed by atoms with Gasteiger partial charge in [-0.05, 0) is 19.1 Å². The summed E-state index contributed by atoms with van der Waals surface area (Å²) in [6.45, 7) is 1.86. The summed E-state index contributed by atoms with van der Waals surface area (Å²) in [7, 11) is 0. The summed E-state index contributed by atoms with van der Waals surface area (Å²) in [6, 6.07) is 7.04. The number of para-hydroxylation sites is 1. The van der Waals surface area contributed by atoms with Crippen molar-refractivity contribution >= 4 is 29.0 Å². The van der Waals surface area contributed by atoms with E-state index in [2.05, 4.69) is 5.10 Å². The Balaban J connectivity index is 2.68. The predicted molar refractivity (Wildman–Crippen MR) is 62.7 cm³/mol. The van der Waals surface area contributed by atoms with Crippen LogP contribution in [0.4, 0.5) is 5.82 Å². The maximum atomic E-state index is 6.04. The van der Waals surface area contributed by atoms with Gasteiger partial charge < -0.3 is 5.73 Å². The first-order valence-electron chi connectivity index (χ1n) is 4.36. The molecule has 0 aliphatic rings. The van der Waals surface area contributed by atoms with E-state index in [1.54, 1.807) is 28.9 Å². The number of halogens is 2. The molecule has 0 aliphatic carbocycles. The van der Waals surface area contributed by atoms with E-state index >= 15 is 0 Å². The van der Waals surface area contributed by atoms with Gasteiger partial charge in [0.25, 0.3) is 0 Å². The molecule has 1 heterocycles. The van der Waals surface area contributed by atoms with E-state index in [1.165, 1.54) is 0 Å². The predicted octanol–water partition coefficient (Wildman–Crippen LogP) is 3.07. The Morgan fingerprint density at radius 2 is 1.87 bits per heavy atom. The molecule has 3 nitrogen and oxygen atoms in total. The van der Waals surface area contributed by atoms with Gasteiger partial charge >= 0.3 is 0 Å². The summed E-state index contributed by atoms with van der Waals surface area (Å²) in [5.74, 6) is 0.516. The zero-order valence-electron chi connectivity index (χ0n) is 8.04. The number of nitrogen functional groups attached to an aromatic ring is 1. The van der Waals surface area contributed by atoms with Gasteiger partial charge in [0.1, 0.15) is 11.5 Å². The fraction of sp³-hybridized carbons (Fsp3) is 0.100. The van der Waals surface area contributed by atoms with Crippen molar-refractivity contribution < 1.29 is 0 Å². The number of nitrogens with two attached hydrogens (primary N) is 1. The first-order valence-corrected chi connectivity index (χ1v) is 5.11. The summed E-state index contributed by atoms with van der Waals surface area (Å²) in [5, 5.41) is 5.28. The van der Waals surface area contributed by atoms with Crippen LogP contribution in [0.5, 0.6) is 0 Å². The number of aromatic nitrogens is 2. The van der Waals surface area contributed by atoms with E-state index in [1.807, 2.05) is 6.92 Å². The highest BCUT2D eigenvalue weighted by Crippen LogP contribution is 2.29. The van der Waals surface area contributed by atoms with E-state index < -0.39 is 0 Å². The average molecular weight is 242 g/mol. The maximum absolute atomic E-state index is 6.04. The van der Waals surface area contributed by atoms with Crippen molar-refractivity contribution in [1.82, 2.24) is 9.78 Å². The third-order valence-electron chi connectivity index (χ3n) is 2.01. The number of aryl methyl sites for hydroxylation is 1. The first kappa shape index (κ1) is 10.3. The molecule has 2 rings (SSSR count). The summed E-state index contributed by atoms with van der Waals surface area (Å²) in [6.07, 6.45) is 0. The van der Waals surface area contributed by atoms with Crippen LogP contribution in [0.15, 0.2) is 24.3 Å². The van der Waals surface area contributed by atoms with Crippen molar-refractivity contribution in [2.75, 3.05) is 5.73 Å². The van der Waals surface area contributed by atoms with Crippen LogP contribution in [0.25, 0.3) is 5.69 Å². The zero-order chi connectivity index (χ0) is 11.0. The fourth-order valence-electron chi connectivity index (χ4n) is 1.39. The monoisotopic (exact) mass is 241 g/mol. The summed E-state index contributed by atoms with van der Waals surface area (Å²) >= 11 is 12.1. The molecule has 0 unspecified atom stereocenters. The average Bonchev–Trinajstić information content (AvgIpc) is 2.45. The summed E-state index contributed by atoms with van der Waals surface area (Å²) in [4.78, 5) is 0. The van der Waals surface area contributed by atoms with Gasteiger partial charge in [-0.2, -0.15) is 5.10 Å². The quantitative estimate of drug-likeness (QED) is 0.835. The third kappa shape index (κ3) is 1.80. The summed E-state index contributed by atoms with van der Waals surface area (Å²) in [5.41, 5.74) is 7.23. The van der Waals surface area contributed by atoms with Gasteiger partial charge in [0.2, 0.25) is 0 Å². The molecule has 0 atom stereocenters. The van der Waals surface area contributed by atoms with Crippen LogP contribution in [-0.2, 0) is 0 Å². The van der Waals surface area contributed by atoms with E-state index in [0.29, 0.717) is 21.6 Å². The lowest BCUT2D eigenvalue weighted by Gasteiger charge is -2.08. The Morgan fingerprint density at radius 3 is 2.33 bits per heavy atom. The minimum Gasteiger partial charge on any atom is -0.384 e. The molecular formula is C10H9Cl2N3. The molecular weight excluding hydrogens is 233 g/mol. The molecule has 0 bridgehead atoms. The number of rotatable bonds is 1. The van der Waals surface area contributed by atoms with Crippen LogP contribution in [0, 0.1) is 6.92 Å². The number of hydrogen-bond donors (Lipinski definition) is 1. The van der Waals surface area contributed by atoms with Crippen molar-refractivity contribution in [3.05, 3.63) is 40.0 Å². The number of hydrogen-bond acceptors (Lipinski definition) is 2. The topological polar surface area (TPSA) is 43.8 Å². The second-order valence-corrected chi connectivity index (χ2v) is 4.01. The number of nitrogens with zero attached hydrogens (tertiary/aromatic N) is 2. The minimum absolute atomic E-state index is 0.516. The Morgan fingerprint density at radius 1 is 1.27 bits per heavy atom. The van der Waals surface area contributed by atoms with Gasteiger partial charge in [-0.25, -0.2) is 4.68 Å². The van der Waals surface area contributed by atoms with Gasteiger partial charge in [-0.3, -0.25) is 0 Å². The molecule has 0 radical (unpaired) electrons. The van der Waals surface area contributed by atoms with E-state index in [4.69, 9.17) is 28.9 Å². The summed E-state index contributed by atoms with van der Waals surface area (Å²) < 4.78 is 1.54. The lowest BCUT2D eigenvalue weighted by atomic mass is 10.3. The Bertz CT molecular complexity index is 485. The zero-order valence-corrected chi connectivity index (χ0v) is 9.55. The Labute approximate surface area is 97.4 Å². The molecule has 0 amide bonds. The van der Waals surface area contributed by atoms with E-state index in [-0.39, 0.29) is 0 Å². The third-order valence-corrected chi connectivity index (χ3v) is 2.62. The molecule has 0 fully saturated rings. The van der Waals surface area contributed by atoms with E-state index in [0.717, 1.165) is 5.69 Å². The largest absolute Gasteiger partial charge is 0.384 e. The highest BCUT2D eigenvalue weighted by molar-refractivity contribution is 6.37. The SMILES string of the molecule is Cc1cc(N)n(-c2c(Cl)cccc2Cl)n1. The van der Waals surface area contributed by atoms with Crippen molar-refractivity contribution in [3.8, 4) is 5.69 Å². The van der Waals surface area contributed by atoms with Crippen LogP contribution in [-0.4, -0.2) is 9.78 Å². The van der Waals surface area contributed by atoms with Crippen molar-refractivity contribution in [2.24, 2.45) is 0 Å². The molecule has 78 valence electrons. The van der Waals surface area contributed by atoms with Crippen LogP contribution in [0.3, 0.4) is 0 Å². The van der Waals surface area contributed by atoms with Crippen LogP contribution < -0.4 is 5.73 Å². The van der Waals surface area contributed by atoms with Gasteiger partial charge in [0, 0.05) is 6.07 Å². The van der Waals surface area contributed by atoms with Crippen LogP contribution in [0.2, 0.25) is 10.0 Å². The molecule has 2 aromatic rings. The van der Waals surface area contributed by atoms with Gasteiger partial charge in [0.05, 0.1) is 15.7 Å². The van der Waals surface area contributed by atoms with Crippen LogP contribution >= 0.6 is 23.2 Å². The van der Waals surface area contributed by atoms with Crippen molar-refractivity contribution in [1.29, 1.82) is 0 Å². The maximum Gasteiger partial charge on any atom is 0.127 e. The molecule has 2 N–H and O–H groups in total. The Kier molecular flexibility index (Phi) is 2.59.